The minimum Gasteiger partial charge on any atom is -0.369 e. The summed E-state index contributed by atoms with van der Waals surface area (Å²) in [5.74, 6) is 0. The molecule has 132 valence electrons. The van der Waals surface area contributed by atoms with Gasteiger partial charge >= 0.3 is 0 Å². The van der Waals surface area contributed by atoms with Crippen LogP contribution in [-0.4, -0.2) is 45.2 Å². The molecule has 0 aromatic heterocycles. The lowest BCUT2D eigenvalue weighted by Gasteiger charge is -2.35. The first-order valence-corrected chi connectivity index (χ1v) is 9.73. The molecule has 1 saturated heterocycles. The second-order valence-corrected chi connectivity index (χ2v) is 8.30. The van der Waals surface area contributed by atoms with Gasteiger partial charge in [-0.1, -0.05) is 17.7 Å². The molecule has 1 fully saturated rings. The van der Waals surface area contributed by atoms with Gasteiger partial charge in [0.05, 0.1) is 4.90 Å². The summed E-state index contributed by atoms with van der Waals surface area (Å²) in [6, 6.07) is 12.7. The Labute approximate surface area is 148 Å². The SMILES string of the molecule is Cc1ccc(S(=O)(=O)N2CCN(c3ccc(C=O)c(C)c3)CC2)cc1. The maximum atomic E-state index is 12.7. The summed E-state index contributed by atoms with van der Waals surface area (Å²) in [4.78, 5) is 13.4. The number of carbonyl (C=O) groups excluding carboxylic acids is 1. The van der Waals surface area contributed by atoms with Crippen LogP contribution in [0.4, 0.5) is 5.69 Å². The monoisotopic (exact) mass is 358 g/mol. The molecule has 25 heavy (non-hydrogen) atoms. The van der Waals surface area contributed by atoms with E-state index in [9.17, 15) is 13.2 Å². The number of aldehydes is 1. The molecule has 0 spiro atoms. The highest BCUT2D eigenvalue weighted by atomic mass is 32.2. The van der Waals surface area contributed by atoms with Crippen molar-refractivity contribution in [2.45, 2.75) is 18.7 Å². The maximum Gasteiger partial charge on any atom is 0.243 e. The van der Waals surface area contributed by atoms with E-state index in [-0.39, 0.29) is 0 Å². The predicted molar refractivity (Wildman–Crippen MR) is 98.7 cm³/mol. The van der Waals surface area contributed by atoms with E-state index < -0.39 is 10.0 Å². The molecule has 0 N–H and O–H groups in total. The van der Waals surface area contributed by atoms with Crippen LogP contribution in [0.25, 0.3) is 0 Å². The summed E-state index contributed by atoms with van der Waals surface area (Å²) in [6.45, 7) is 6.00. The van der Waals surface area contributed by atoms with Crippen LogP contribution in [0, 0.1) is 13.8 Å². The first kappa shape index (κ1) is 17.6. The van der Waals surface area contributed by atoms with Crippen LogP contribution < -0.4 is 4.90 Å². The molecule has 2 aromatic rings. The average Bonchev–Trinajstić information content (AvgIpc) is 2.62. The van der Waals surface area contributed by atoms with Gasteiger partial charge in [-0.05, 0) is 49.7 Å². The smallest absolute Gasteiger partial charge is 0.243 e. The van der Waals surface area contributed by atoms with E-state index in [4.69, 9.17) is 0 Å². The number of hydrogen-bond acceptors (Lipinski definition) is 4. The Morgan fingerprint density at radius 3 is 2.12 bits per heavy atom. The van der Waals surface area contributed by atoms with Gasteiger partial charge in [0.2, 0.25) is 10.0 Å². The van der Waals surface area contributed by atoms with Crippen molar-refractivity contribution in [1.82, 2.24) is 4.31 Å². The zero-order valence-corrected chi connectivity index (χ0v) is 15.3. The van der Waals surface area contributed by atoms with E-state index in [0.29, 0.717) is 36.6 Å². The van der Waals surface area contributed by atoms with Gasteiger partial charge in [0.15, 0.2) is 0 Å². The van der Waals surface area contributed by atoms with E-state index in [1.807, 2.05) is 44.2 Å². The number of sulfonamides is 1. The van der Waals surface area contributed by atoms with E-state index >= 15 is 0 Å². The van der Waals surface area contributed by atoms with Gasteiger partial charge in [-0.15, -0.1) is 0 Å². The number of benzene rings is 2. The van der Waals surface area contributed by atoms with Gasteiger partial charge in [0.25, 0.3) is 0 Å². The minimum absolute atomic E-state index is 0.345. The van der Waals surface area contributed by atoms with Crippen LogP contribution in [0.2, 0.25) is 0 Å². The van der Waals surface area contributed by atoms with Crippen molar-refractivity contribution in [3.8, 4) is 0 Å². The van der Waals surface area contributed by atoms with E-state index in [2.05, 4.69) is 4.90 Å². The Hall–Kier alpha value is -2.18. The van der Waals surface area contributed by atoms with Crippen LogP contribution in [-0.2, 0) is 10.0 Å². The number of anilines is 1. The topological polar surface area (TPSA) is 57.7 Å². The Bertz CT molecular complexity index is 868. The first-order chi connectivity index (χ1) is 11.9. The summed E-state index contributed by atoms with van der Waals surface area (Å²) in [6.07, 6.45) is 0.852. The predicted octanol–water partition coefficient (Wildman–Crippen LogP) is 2.63. The molecule has 2 aromatic carbocycles. The first-order valence-electron chi connectivity index (χ1n) is 8.29. The van der Waals surface area contributed by atoms with Crippen molar-refractivity contribution in [1.29, 1.82) is 0 Å². The van der Waals surface area contributed by atoms with Crippen LogP contribution in [0.15, 0.2) is 47.4 Å². The Morgan fingerprint density at radius 1 is 0.920 bits per heavy atom. The lowest BCUT2D eigenvalue weighted by molar-refractivity contribution is 0.112. The lowest BCUT2D eigenvalue weighted by Crippen LogP contribution is -2.48. The van der Waals surface area contributed by atoms with Gasteiger partial charge in [0.1, 0.15) is 6.29 Å². The number of carbonyl (C=O) groups is 1. The van der Waals surface area contributed by atoms with Crippen molar-refractivity contribution in [3.05, 3.63) is 59.2 Å². The number of hydrogen-bond donors (Lipinski definition) is 0. The second kappa shape index (κ2) is 6.98. The zero-order valence-electron chi connectivity index (χ0n) is 14.5. The number of aryl methyl sites for hydroxylation is 2. The Kier molecular flexibility index (Phi) is 4.92. The van der Waals surface area contributed by atoms with Crippen LogP contribution in [0.3, 0.4) is 0 Å². The van der Waals surface area contributed by atoms with E-state index in [1.54, 1.807) is 16.4 Å². The fourth-order valence-electron chi connectivity index (χ4n) is 3.03. The molecule has 0 aliphatic carbocycles. The van der Waals surface area contributed by atoms with Gasteiger partial charge in [-0.25, -0.2) is 8.42 Å². The molecule has 0 amide bonds. The highest BCUT2D eigenvalue weighted by Crippen LogP contribution is 2.23. The normalized spacial score (nSPS) is 16.0. The average molecular weight is 358 g/mol. The lowest BCUT2D eigenvalue weighted by atomic mass is 10.1. The summed E-state index contributed by atoms with van der Waals surface area (Å²) in [5, 5.41) is 0. The molecule has 0 radical (unpaired) electrons. The Balaban J connectivity index is 1.72. The molecule has 0 atom stereocenters. The third kappa shape index (κ3) is 3.60. The molecule has 6 heteroatoms. The largest absolute Gasteiger partial charge is 0.369 e. The number of piperazine rings is 1. The molecule has 0 bridgehead atoms. The molecule has 0 saturated carbocycles. The van der Waals surface area contributed by atoms with Gasteiger partial charge < -0.3 is 4.90 Å². The summed E-state index contributed by atoms with van der Waals surface area (Å²) in [7, 11) is -3.44. The van der Waals surface area contributed by atoms with Gasteiger partial charge in [-0.3, -0.25) is 4.79 Å². The minimum atomic E-state index is -3.44. The van der Waals surface area contributed by atoms with Crippen molar-refractivity contribution in [2.24, 2.45) is 0 Å². The molecule has 1 aliphatic rings. The third-order valence-corrected chi connectivity index (χ3v) is 6.56. The molecule has 5 nitrogen and oxygen atoms in total. The molecule has 1 aliphatic heterocycles. The third-order valence-electron chi connectivity index (χ3n) is 4.64. The van der Waals surface area contributed by atoms with Crippen LogP contribution in [0.1, 0.15) is 21.5 Å². The zero-order chi connectivity index (χ0) is 18.0. The van der Waals surface area contributed by atoms with Crippen molar-refractivity contribution in [2.75, 3.05) is 31.1 Å². The highest BCUT2D eigenvalue weighted by molar-refractivity contribution is 7.89. The second-order valence-electron chi connectivity index (χ2n) is 6.36. The summed E-state index contributed by atoms with van der Waals surface area (Å²) >= 11 is 0. The van der Waals surface area contributed by atoms with Crippen molar-refractivity contribution in [3.63, 3.8) is 0 Å². The number of rotatable bonds is 4. The molecule has 1 heterocycles. The van der Waals surface area contributed by atoms with Crippen molar-refractivity contribution < 1.29 is 13.2 Å². The standard InChI is InChI=1S/C19H22N2O3S/c1-15-3-7-19(8-4-15)25(23,24)21-11-9-20(10-12-21)18-6-5-17(14-22)16(2)13-18/h3-8,13-14H,9-12H2,1-2H3. The quantitative estimate of drug-likeness (QED) is 0.789. The fourth-order valence-corrected chi connectivity index (χ4v) is 4.46. The molecular weight excluding hydrogens is 336 g/mol. The Morgan fingerprint density at radius 2 is 1.56 bits per heavy atom. The summed E-state index contributed by atoms with van der Waals surface area (Å²) < 4.78 is 27.0. The molecule has 0 unspecified atom stereocenters. The van der Waals surface area contributed by atoms with Crippen LogP contribution in [0.5, 0.6) is 0 Å². The van der Waals surface area contributed by atoms with E-state index in [1.165, 1.54) is 0 Å². The summed E-state index contributed by atoms with van der Waals surface area (Å²) in [5.41, 5.74) is 3.68. The van der Waals surface area contributed by atoms with Crippen LogP contribution >= 0.6 is 0 Å². The number of nitrogens with zero attached hydrogens (tertiary/aromatic N) is 2. The van der Waals surface area contributed by atoms with Crippen molar-refractivity contribution >= 4 is 22.0 Å². The van der Waals surface area contributed by atoms with Gasteiger partial charge in [-0.2, -0.15) is 4.31 Å². The van der Waals surface area contributed by atoms with Gasteiger partial charge in [0, 0.05) is 37.4 Å². The fraction of sp³-hybridized carbons (Fsp3) is 0.316. The maximum absolute atomic E-state index is 12.7. The highest BCUT2D eigenvalue weighted by Gasteiger charge is 2.28. The molecule has 3 rings (SSSR count). The molecular formula is C19H22N2O3S. The van der Waals surface area contributed by atoms with E-state index in [0.717, 1.165) is 23.1 Å².